The summed E-state index contributed by atoms with van der Waals surface area (Å²) in [4.78, 5) is 25.6. The lowest BCUT2D eigenvalue weighted by Gasteiger charge is -2.23. The second-order valence-electron chi connectivity index (χ2n) is 7.47. The molecule has 0 saturated carbocycles. The third kappa shape index (κ3) is 5.30. The predicted octanol–water partition coefficient (Wildman–Crippen LogP) is 4.61. The molecule has 7 heteroatoms. The third-order valence-electron chi connectivity index (χ3n) is 5.02. The van der Waals surface area contributed by atoms with E-state index in [0.29, 0.717) is 10.7 Å². The Bertz CT molecular complexity index is 1030. The lowest BCUT2D eigenvalue weighted by Crippen LogP contribution is -2.47. The van der Waals surface area contributed by atoms with Gasteiger partial charge in [0.15, 0.2) is 0 Å². The smallest absolute Gasteiger partial charge is 0.251 e. The van der Waals surface area contributed by atoms with Crippen LogP contribution in [0, 0.1) is 19.8 Å². The molecule has 2 unspecified atom stereocenters. The summed E-state index contributed by atoms with van der Waals surface area (Å²) >= 11 is 1.31. The summed E-state index contributed by atoms with van der Waals surface area (Å²) in [6, 6.07) is 14.6. The van der Waals surface area contributed by atoms with Gasteiger partial charge < -0.3 is 5.32 Å². The SMILES string of the molecule is CCC(C)C(NC(=O)c1ccc(C)cc1)C(=O)Nc1nnc(-c2cccc(C)c2)s1. The molecule has 1 aromatic heterocycles. The molecule has 0 radical (unpaired) electrons. The van der Waals surface area contributed by atoms with Crippen LogP contribution >= 0.6 is 11.3 Å². The number of aryl methyl sites for hydroxylation is 2. The van der Waals surface area contributed by atoms with Crippen LogP contribution in [0.3, 0.4) is 0 Å². The quantitative estimate of drug-likeness (QED) is 0.583. The fraction of sp³-hybridized carbons (Fsp3) is 0.304. The molecule has 156 valence electrons. The Hall–Kier alpha value is -3.06. The van der Waals surface area contributed by atoms with E-state index in [1.54, 1.807) is 12.1 Å². The molecule has 3 rings (SSSR count). The van der Waals surface area contributed by atoms with Crippen molar-refractivity contribution in [1.29, 1.82) is 0 Å². The van der Waals surface area contributed by atoms with Crippen molar-refractivity contribution in [3.8, 4) is 10.6 Å². The molecule has 2 aromatic carbocycles. The van der Waals surface area contributed by atoms with Crippen LogP contribution in [0.15, 0.2) is 48.5 Å². The number of carbonyl (C=O) groups is 2. The first-order chi connectivity index (χ1) is 14.4. The average molecular weight is 423 g/mol. The van der Waals surface area contributed by atoms with Crippen molar-refractivity contribution in [3.63, 3.8) is 0 Å². The van der Waals surface area contributed by atoms with Crippen LogP contribution in [0.5, 0.6) is 0 Å². The Labute approximate surface area is 180 Å². The minimum atomic E-state index is -0.671. The lowest BCUT2D eigenvalue weighted by molar-refractivity contribution is -0.119. The van der Waals surface area contributed by atoms with Gasteiger partial charge in [0.25, 0.3) is 5.91 Å². The van der Waals surface area contributed by atoms with Gasteiger partial charge in [0.05, 0.1) is 0 Å². The topological polar surface area (TPSA) is 84.0 Å². The zero-order chi connectivity index (χ0) is 21.7. The molecule has 0 aliphatic carbocycles. The molecule has 0 aliphatic rings. The average Bonchev–Trinajstić information content (AvgIpc) is 3.20. The van der Waals surface area contributed by atoms with Crippen molar-refractivity contribution in [2.75, 3.05) is 5.32 Å². The number of nitrogens with zero attached hydrogens (tertiary/aromatic N) is 2. The van der Waals surface area contributed by atoms with E-state index in [1.165, 1.54) is 11.3 Å². The molecule has 0 spiro atoms. The molecule has 30 heavy (non-hydrogen) atoms. The molecule has 1 heterocycles. The van der Waals surface area contributed by atoms with E-state index in [1.807, 2.05) is 64.1 Å². The van der Waals surface area contributed by atoms with Crippen LogP contribution in [0.1, 0.15) is 41.8 Å². The van der Waals surface area contributed by atoms with Crippen LogP contribution in [0.25, 0.3) is 10.6 Å². The zero-order valence-electron chi connectivity index (χ0n) is 17.6. The Morgan fingerprint density at radius 1 is 1.03 bits per heavy atom. The van der Waals surface area contributed by atoms with Gasteiger partial charge in [-0.15, -0.1) is 10.2 Å². The highest BCUT2D eigenvalue weighted by molar-refractivity contribution is 7.18. The van der Waals surface area contributed by atoms with E-state index in [4.69, 9.17) is 0 Å². The minimum absolute atomic E-state index is 0.0384. The number of amides is 2. The van der Waals surface area contributed by atoms with Crippen LogP contribution in [-0.4, -0.2) is 28.1 Å². The van der Waals surface area contributed by atoms with Crippen molar-refractivity contribution in [2.24, 2.45) is 5.92 Å². The summed E-state index contributed by atoms with van der Waals surface area (Å²) in [5, 5.41) is 15.1. The van der Waals surface area contributed by atoms with Gasteiger partial charge in [-0.05, 0) is 38.0 Å². The molecule has 2 atom stereocenters. The first-order valence-electron chi connectivity index (χ1n) is 9.96. The maximum absolute atomic E-state index is 12.9. The number of carbonyl (C=O) groups excluding carboxylic acids is 2. The molecule has 2 N–H and O–H groups in total. The maximum Gasteiger partial charge on any atom is 0.251 e. The Morgan fingerprint density at radius 3 is 2.43 bits per heavy atom. The van der Waals surface area contributed by atoms with E-state index < -0.39 is 6.04 Å². The molecule has 0 bridgehead atoms. The van der Waals surface area contributed by atoms with Crippen molar-refractivity contribution in [1.82, 2.24) is 15.5 Å². The van der Waals surface area contributed by atoms with E-state index in [9.17, 15) is 9.59 Å². The van der Waals surface area contributed by atoms with Crippen LogP contribution in [-0.2, 0) is 4.79 Å². The number of benzene rings is 2. The number of anilines is 1. The van der Waals surface area contributed by atoms with Gasteiger partial charge in [-0.1, -0.05) is 73.1 Å². The summed E-state index contributed by atoms with van der Waals surface area (Å²) < 4.78 is 0. The van der Waals surface area contributed by atoms with Crippen LogP contribution < -0.4 is 10.6 Å². The molecule has 3 aromatic rings. The summed E-state index contributed by atoms with van der Waals surface area (Å²) in [7, 11) is 0. The summed E-state index contributed by atoms with van der Waals surface area (Å²) in [5.74, 6) is -0.603. The Morgan fingerprint density at radius 2 is 1.77 bits per heavy atom. The highest BCUT2D eigenvalue weighted by atomic mass is 32.1. The monoisotopic (exact) mass is 422 g/mol. The first kappa shape index (κ1) is 21.6. The fourth-order valence-electron chi connectivity index (χ4n) is 2.98. The fourth-order valence-corrected chi connectivity index (χ4v) is 3.73. The summed E-state index contributed by atoms with van der Waals surface area (Å²) in [5.41, 5.74) is 3.69. The number of nitrogens with one attached hydrogen (secondary N) is 2. The van der Waals surface area contributed by atoms with Crippen molar-refractivity contribution in [2.45, 2.75) is 40.2 Å². The van der Waals surface area contributed by atoms with Gasteiger partial charge in [0.1, 0.15) is 11.0 Å². The maximum atomic E-state index is 12.9. The Balaban J connectivity index is 1.73. The third-order valence-corrected chi connectivity index (χ3v) is 5.90. The summed E-state index contributed by atoms with van der Waals surface area (Å²) in [6.45, 7) is 7.91. The number of hydrogen-bond acceptors (Lipinski definition) is 5. The van der Waals surface area contributed by atoms with E-state index >= 15 is 0 Å². The van der Waals surface area contributed by atoms with Gasteiger partial charge >= 0.3 is 0 Å². The second-order valence-corrected chi connectivity index (χ2v) is 8.45. The van der Waals surface area contributed by atoms with E-state index in [0.717, 1.165) is 28.1 Å². The highest BCUT2D eigenvalue weighted by Crippen LogP contribution is 2.27. The zero-order valence-corrected chi connectivity index (χ0v) is 18.4. The van der Waals surface area contributed by atoms with Crippen LogP contribution in [0.4, 0.5) is 5.13 Å². The van der Waals surface area contributed by atoms with Gasteiger partial charge in [-0.3, -0.25) is 14.9 Å². The van der Waals surface area contributed by atoms with E-state index in [-0.39, 0.29) is 17.7 Å². The molecule has 0 fully saturated rings. The van der Waals surface area contributed by atoms with Gasteiger partial charge in [0.2, 0.25) is 11.0 Å². The normalized spacial score (nSPS) is 12.8. The van der Waals surface area contributed by atoms with Gasteiger partial charge in [-0.25, -0.2) is 0 Å². The predicted molar refractivity (Wildman–Crippen MR) is 121 cm³/mol. The van der Waals surface area contributed by atoms with Crippen molar-refractivity contribution >= 4 is 28.3 Å². The number of hydrogen-bond donors (Lipinski definition) is 2. The highest BCUT2D eigenvalue weighted by Gasteiger charge is 2.27. The van der Waals surface area contributed by atoms with Gasteiger partial charge in [0, 0.05) is 11.1 Å². The molecule has 2 amide bonds. The lowest BCUT2D eigenvalue weighted by atomic mass is 9.98. The Kier molecular flexibility index (Phi) is 6.95. The number of rotatable bonds is 7. The largest absolute Gasteiger partial charge is 0.340 e. The molecule has 0 aliphatic heterocycles. The molecular weight excluding hydrogens is 396 g/mol. The van der Waals surface area contributed by atoms with Crippen molar-refractivity contribution in [3.05, 3.63) is 65.2 Å². The molecule has 6 nitrogen and oxygen atoms in total. The van der Waals surface area contributed by atoms with Crippen LogP contribution in [0.2, 0.25) is 0 Å². The number of aromatic nitrogens is 2. The van der Waals surface area contributed by atoms with Crippen molar-refractivity contribution < 1.29 is 9.59 Å². The van der Waals surface area contributed by atoms with E-state index in [2.05, 4.69) is 20.8 Å². The van der Waals surface area contributed by atoms with Gasteiger partial charge in [-0.2, -0.15) is 0 Å². The molecule has 0 saturated heterocycles. The molecular formula is C23H26N4O2S. The second kappa shape index (κ2) is 9.63. The first-order valence-corrected chi connectivity index (χ1v) is 10.8. The standard InChI is InChI=1S/C23H26N4O2S/c1-5-16(4)19(24-20(28)17-11-9-14(2)10-12-17)21(29)25-23-27-26-22(30-23)18-8-6-7-15(3)13-18/h6-13,16,19H,5H2,1-4H3,(H,24,28)(H,25,27,29). The minimum Gasteiger partial charge on any atom is -0.340 e. The summed E-state index contributed by atoms with van der Waals surface area (Å²) in [6.07, 6.45) is 0.747.